The molecular weight excluding hydrogens is 352 g/mol. The predicted molar refractivity (Wildman–Crippen MR) is 110 cm³/mol. The van der Waals surface area contributed by atoms with Gasteiger partial charge in [-0.05, 0) is 29.7 Å². The van der Waals surface area contributed by atoms with Gasteiger partial charge in [0.1, 0.15) is 5.75 Å². The summed E-state index contributed by atoms with van der Waals surface area (Å²) in [5.74, 6) is 0.822. The van der Waals surface area contributed by atoms with Crippen LogP contribution in [-0.4, -0.2) is 30.4 Å². The number of amides is 2. The van der Waals surface area contributed by atoms with Crippen LogP contribution in [0.2, 0.25) is 0 Å². The Morgan fingerprint density at radius 2 is 1.75 bits per heavy atom. The van der Waals surface area contributed by atoms with Crippen molar-refractivity contribution in [2.24, 2.45) is 5.92 Å². The van der Waals surface area contributed by atoms with Gasteiger partial charge in [-0.15, -0.1) is 0 Å². The van der Waals surface area contributed by atoms with Crippen molar-refractivity contribution in [3.8, 4) is 5.75 Å². The number of nitrogens with one attached hydrogen (secondary N) is 1. The molecule has 5 nitrogen and oxygen atoms in total. The lowest BCUT2D eigenvalue weighted by molar-refractivity contribution is -0.122. The highest BCUT2D eigenvalue weighted by atomic mass is 16.5. The zero-order chi connectivity index (χ0) is 20.3. The number of hydrogen-bond acceptors (Lipinski definition) is 3. The van der Waals surface area contributed by atoms with Crippen LogP contribution >= 0.6 is 0 Å². The lowest BCUT2D eigenvalue weighted by Crippen LogP contribution is -2.34. The molecule has 1 heterocycles. The Balaban J connectivity index is 1.63. The summed E-state index contributed by atoms with van der Waals surface area (Å²) < 4.78 is 5.20. The first-order valence-corrected chi connectivity index (χ1v) is 9.46. The van der Waals surface area contributed by atoms with Gasteiger partial charge in [0, 0.05) is 29.8 Å². The van der Waals surface area contributed by atoms with E-state index >= 15 is 0 Å². The summed E-state index contributed by atoms with van der Waals surface area (Å²) in [6, 6.07) is 15.0. The molecule has 0 aromatic heterocycles. The first-order chi connectivity index (χ1) is 13.4. The van der Waals surface area contributed by atoms with Crippen molar-refractivity contribution in [2.45, 2.75) is 26.3 Å². The summed E-state index contributed by atoms with van der Waals surface area (Å²) in [5.41, 5.74) is 3.17. The fraction of sp³-hybridized carbons (Fsp3) is 0.304. The molecule has 2 aromatic carbocycles. The number of nitrogens with zero attached hydrogens (tertiary/aromatic N) is 1. The fourth-order valence-electron chi connectivity index (χ4n) is 3.48. The van der Waals surface area contributed by atoms with Crippen molar-refractivity contribution in [3.05, 3.63) is 71.8 Å². The third-order valence-electron chi connectivity index (χ3n) is 5.06. The summed E-state index contributed by atoms with van der Waals surface area (Å²) in [6.45, 7) is 8.47. The Morgan fingerprint density at radius 1 is 1.11 bits per heavy atom. The molecule has 0 spiro atoms. The van der Waals surface area contributed by atoms with E-state index in [0.717, 1.165) is 16.9 Å². The van der Waals surface area contributed by atoms with Crippen molar-refractivity contribution in [1.29, 1.82) is 0 Å². The van der Waals surface area contributed by atoms with Crippen LogP contribution in [0.3, 0.4) is 0 Å². The average Bonchev–Trinajstić information content (AvgIpc) is 2.95. The molecule has 3 rings (SSSR count). The van der Waals surface area contributed by atoms with Gasteiger partial charge in [-0.25, -0.2) is 0 Å². The lowest BCUT2D eigenvalue weighted by Gasteiger charge is -2.24. The van der Waals surface area contributed by atoms with E-state index in [0.29, 0.717) is 17.8 Å². The predicted octanol–water partition coefficient (Wildman–Crippen LogP) is 4.03. The van der Waals surface area contributed by atoms with Crippen LogP contribution in [0.1, 0.15) is 47.8 Å². The maximum Gasteiger partial charge on any atom is 0.258 e. The molecule has 0 fully saturated rings. The van der Waals surface area contributed by atoms with Gasteiger partial charge in [0.05, 0.1) is 13.2 Å². The van der Waals surface area contributed by atoms with Crippen LogP contribution in [-0.2, 0) is 4.79 Å². The molecule has 28 heavy (non-hydrogen) atoms. The second-order valence-electron chi connectivity index (χ2n) is 7.26. The number of methoxy groups -OCH3 is 1. The molecule has 5 heteroatoms. The van der Waals surface area contributed by atoms with Crippen molar-refractivity contribution < 1.29 is 14.3 Å². The van der Waals surface area contributed by atoms with E-state index in [1.54, 1.807) is 18.1 Å². The molecule has 2 aromatic rings. The van der Waals surface area contributed by atoms with E-state index < -0.39 is 0 Å². The highest BCUT2D eigenvalue weighted by molar-refractivity contribution is 6.08. The molecule has 1 N–H and O–H groups in total. The zero-order valence-electron chi connectivity index (χ0n) is 16.6. The Bertz CT molecular complexity index is 852. The molecule has 0 saturated heterocycles. The lowest BCUT2D eigenvalue weighted by atomic mass is 9.96. The van der Waals surface area contributed by atoms with E-state index in [1.807, 2.05) is 42.5 Å². The molecule has 1 aliphatic heterocycles. The highest BCUT2D eigenvalue weighted by Crippen LogP contribution is 2.31. The maximum absolute atomic E-state index is 12.6. The number of ether oxygens (including phenoxy) is 1. The van der Waals surface area contributed by atoms with E-state index in [-0.39, 0.29) is 30.2 Å². The normalized spacial score (nSPS) is 14.2. The minimum atomic E-state index is -0.104. The SMILES string of the molecule is C=C1c2ccccc2C(=O)N1CCC(=O)NC(c1ccc(OC)cc1)C(C)C. The second-order valence-corrected chi connectivity index (χ2v) is 7.26. The second kappa shape index (κ2) is 8.30. The monoisotopic (exact) mass is 378 g/mol. The molecule has 146 valence electrons. The van der Waals surface area contributed by atoms with Gasteiger partial charge in [-0.3, -0.25) is 9.59 Å². The summed E-state index contributed by atoms with van der Waals surface area (Å²) >= 11 is 0. The molecule has 1 atom stereocenters. The van der Waals surface area contributed by atoms with Gasteiger partial charge in [0.15, 0.2) is 0 Å². The number of hydrogen-bond donors (Lipinski definition) is 1. The fourth-order valence-corrected chi connectivity index (χ4v) is 3.48. The zero-order valence-corrected chi connectivity index (χ0v) is 16.6. The Hall–Kier alpha value is -3.08. The van der Waals surface area contributed by atoms with Crippen molar-refractivity contribution in [3.63, 3.8) is 0 Å². The van der Waals surface area contributed by atoms with E-state index in [9.17, 15) is 9.59 Å². The van der Waals surface area contributed by atoms with E-state index in [1.165, 1.54) is 0 Å². The maximum atomic E-state index is 12.6. The Kier molecular flexibility index (Phi) is 5.83. The minimum absolute atomic E-state index is 0.0916. The summed E-state index contributed by atoms with van der Waals surface area (Å²) in [5, 5.41) is 3.10. The van der Waals surface area contributed by atoms with Crippen LogP contribution < -0.4 is 10.1 Å². The molecule has 0 bridgehead atoms. The van der Waals surface area contributed by atoms with Crippen LogP contribution in [0, 0.1) is 5.92 Å². The Morgan fingerprint density at radius 3 is 2.32 bits per heavy atom. The molecule has 1 aliphatic rings. The van der Waals surface area contributed by atoms with Crippen LogP contribution in [0.25, 0.3) is 5.70 Å². The molecule has 0 radical (unpaired) electrons. The van der Waals surface area contributed by atoms with Gasteiger partial charge >= 0.3 is 0 Å². The minimum Gasteiger partial charge on any atom is -0.497 e. The van der Waals surface area contributed by atoms with Crippen LogP contribution in [0.15, 0.2) is 55.1 Å². The highest BCUT2D eigenvalue weighted by Gasteiger charge is 2.30. The molecule has 2 amide bonds. The number of carbonyl (C=O) groups is 2. The van der Waals surface area contributed by atoms with Gasteiger partial charge in [0.25, 0.3) is 5.91 Å². The first kappa shape index (κ1) is 19.7. The summed E-state index contributed by atoms with van der Waals surface area (Å²) in [6.07, 6.45) is 0.220. The van der Waals surface area contributed by atoms with Crippen molar-refractivity contribution in [1.82, 2.24) is 10.2 Å². The average molecular weight is 378 g/mol. The number of benzene rings is 2. The smallest absolute Gasteiger partial charge is 0.258 e. The molecule has 0 saturated carbocycles. The van der Waals surface area contributed by atoms with Crippen LogP contribution in [0.5, 0.6) is 5.75 Å². The Labute approximate surface area is 166 Å². The summed E-state index contributed by atoms with van der Waals surface area (Å²) in [4.78, 5) is 26.7. The summed E-state index contributed by atoms with van der Waals surface area (Å²) in [7, 11) is 1.63. The van der Waals surface area contributed by atoms with E-state index in [4.69, 9.17) is 4.74 Å². The first-order valence-electron chi connectivity index (χ1n) is 9.46. The van der Waals surface area contributed by atoms with Crippen molar-refractivity contribution in [2.75, 3.05) is 13.7 Å². The topological polar surface area (TPSA) is 58.6 Å². The van der Waals surface area contributed by atoms with Gasteiger partial charge in [-0.1, -0.05) is 50.8 Å². The van der Waals surface area contributed by atoms with Gasteiger partial charge in [0.2, 0.25) is 5.91 Å². The third-order valence-corrected chi connectivity index (χ3v) is 5.06. The largest absolute Gasteiger partial charge is 0.497 e. The molecular formula is C23H26N2O3. The standard InChI is InChI=1S/C23H26N2O3/c1-15(2)22(17-9-11-18(28-4)12-10-17)24-21(26)13-14-25-16(3)19-7-5-6-8-20(19)23(25)27/h5-12,15,22H,3,13-14H2,1-2,4H3,(H,24,26). The van der Waals surface area contributed by atoms with Crippen molar-refractivity contribution >= 4 is 17.5 Å². The van der Waals surface area contributed by atoms with Crippen LogP contribution in [0.4, 0.5) is 0 Å². The molecule has 0 aliphatic carbocycles. The molecule has 1 unspecified atom stereocenters. The van der Waals surface area contributed by atoms with Gasteiger partial charge < -0.3 is 15.0 Å². The quantitative estimate of drug-likeness (QED) is 0.791. The third kappa shape index (κ3) is 3.93. The number of fused-ring (bicyclic) bond motifs is 1. The number of rotatable bonds is 7. The number of carbonyl (C=O) groups excluding carboxylic acids is 2. The van der Waals surface area contributed by atoms with Gasteiger partial charge in [-0.2, -0.15) is 0 Å². The van der Waals surface area contributed by atoms with E-state index in [2.05, 4.69) is 25.7 Å².